The second kappa shape index (κ2) is 6.92. The molecule has 3 N–H and O–H groups in total. The van der Waals surface area contributed by atoms with E-state index in [1.165, 1.54) is 11.3 Å². The Labute approximate surface area is 110 Å². The van der Waals surface area contributed by atoms with Gasteiger partial charge in [0.25, 0.3) is 0 Å². The lowest BCUT2D eigenvalue weighted by Crippen LogP contribution is -2.06. The van der Waals surface area contributed by atoms with E-state index in [0.29, 0.717) is 11.8 Å². The Morgan fingerprint density at radius 1 is 0.944 bits per heavy atom. The highest BCUT2D eigenvalue weighted by Crippen LogP contribution is 2.29. The summed E-state index contributed by atoms with van der Waals surface area (Å²) in [5, 5.41) is 0. The van der Waals surface area contributed by atoms with E-state index >= 15 is 0 Å². The summed E-state index contributed by atoms with van der Waals surface area (Å²) in [5.74, 6) is 1.08. The van der Waals surface area contributed by atoms with Crippen molar-refractivity contribution in [3.63, 3.8) is 0 Å². The Hall–Kier alpha value is -1.67. The quantitative estimate of drug-likeness (QED) is 0.862. The predicted octanol–water partition coefficient (Wildman–Crippen LogP) is 4.42. The molecule has 0 aliphatic heterocycles. The topological polar surface area (TPSA) is 47.9 Å². The maximum Gasteiger partial charge on any atom is 0.0478 e. The standard InChI is InChI=1S/C16H19N.H3N/c1-13(2)12-15(14-8-4-3-5-9-14)16-10-6-7-11-17-16;/h3-11,13,15H,12H2,1-2H3;1H3. The van der Waals surface area contributed by atoms with E-state index < -0.39 is 0 Å². The lowest BCUT2D eigenvalue weighted by atomic mass is 9.87. The number of benzene rings is 1. The Morgan fingerprint density at radius 3 is 2.17 bits per heavy atom. The normalized spacial score (nSPS) is 11.9. The fourth-order valence-electron chi connectivity index (χ4n) is 2.17. The molecule has 1 atom stereocenters. The third-order valence-electron chi connectivity index (χ3n) is 2.95. The minimum absolute atomic E-state index is 0. The summed E-state index contributed by atoms with van der Waals surface area (Å²) in [6.07, 6.45) is 3.02. The van der Waals surface area contributed by atoms with E-state index in [1.54, 1.807) is 0 Å². The lowest BCUT2D eigenvalue weighted by molar-refractivity contribution is 0.534. The summed E-state index contributed by atoms with van der Waals surface area (Å²) >= 11 is 0. The Kier molecular flexibility index (Phi) is 5.53. The van der Waals surface area contributed by atoms with Gasteiger partial charge in [-0.1, -0.05) is 50.2 Å². The van der Waals surface area contributed by atoms with Crippen LogP contribution in [0.4, 0.5) is 0 Å². The first-order valence-electron chi connectivity index (χ1n) is 6.23. The van der Waals surface area contributed by atoms with Crippen LogP contribution in [-0.4, -0.2) is 4.98 Å². The summed E-state index contributed by atoms with van der Waals surface area (Å²) in [5.41, 5.74) is 2.53. The highest BCUT2D eigenvalue weighted by Gasteiger charge is 2.16. The van der Waals surface area contributed by atoms with Crippen molar-refractivity contribution in [2.24, 2.45) is 5.92 Å². The molecule has 0 spiro atoms. The average molecular weight is 242 g/mol. The zero-order valence-electron chi connectivity index (χ0n) is 11.2. The van der Waals surface area contributed by atoms with Crippen LogP contribution < -0.4 is 6.15 Å². The molecule has 2 nitrogen and oxygen atoms in total. The van der Waals surface area contributed by atoms with Gasteiger partial charge in [0.2, 0.25) is 0 Å². The molecule has 1 aromatic heterocycles. The molecular weight excluding hydrogens is 220 g/mol. The minimum Gasteiger partial charge on any atom is -0.344 e. The first-order valence-corrected chi connectivity index (χ1v) is 6.23. The Morgan fingerprint density at radius 2 is 1.61 bits per heavy atom. The van der Waals surface area contributed by atoms with E-state index in [4.69, 9.17) is 0 Å². The number of pyridine rings is 1. The van der Waals surface area contributed by atoms with E-state index in [1.807, 2.05) is 12.3 Å². The largest absolute Gasteiger partial charge is 0.344 e. The molecule has 2 aromatic rings. The molecule has 2 rings (SSSR count). The van der Waals surface area contributed by atoms with Crippen molar-refractivity contribution in [1.29, 1.82) is 0 Å². The van der Waals surface area contributed by atoms with Crippen molar-refractivity contribution in [2.45, 2.75) is 26.2 Å². The van der Waals surface area contributed by atoms with Crippen molar-refractivity contribution in [1.82, 2.24) is 11.1 Å². The highest BCUT2D eigenvalue weighted by molar-refractivity contribution is 5.28. The lowest BCUT2D eigenvalue weighted by Gasteiger charge is -2.19. The van der Waals surface area contributed by atoms with Gasteiger partial charge in [-0.3, -0.25) is 4.98 Å². The molecule has 18 heavy (non-hydrogen) atoms. The number of aromatic nitrogens is 1. The molecular formula is C16H22N2. The molecule has 0 amide bonds. The zero-order chi connectivity index (χ0) is 12.1. The van der Waals surface area contributed by atoms with Gasteiger partial charge in [0.15, 0.2) is 0 Å². The van der Waals surface area contributed by atoms with Gasteiger partial charge >= 0.3 is 0 Å². The number of hydrogen-bond donors (Lipinski definition) is 1. The maximum atomic E-state index is 4.51. The van der Waals surface area contributed by atoms with E-state index in [0.717, 1.165) is 6.42 Å². The van der Waals surface area contributed by atoms with Crippen molar-refractivity contribution in [3.8, 4) is 0 Å². The predicted molar refractivity (Wildman–Crippen MR) is 77.0 cm³/mol. The molecule has 96 valence electrons. The van der Waals surface area contributed by atoms with Crippen LogP contribution in [0, 0.1) is 5.92 Å². The Bertz CT molecular complexity index is 398. The second-order valence-corrected chi connectivity index (χ2v) is 4.85. The number of rotatable bonds is 4. The van der Waals surface area contributed by atoms with Crippen molar-refractivity contribution in [2.75, 3.05) is 0 Å². The SMILES string of the molecule is CC(C)CC(c1ccccc1)c1ccccn1.N. The summed E-state index contributed by atoms with van der Waals surface area (Å²) in [6, 6.07) is 16.8. The molecule has 2 heteroatoms. The molecule has 1 unspecified atom stereocenters. The summed E-state index contributed by atoms with van der Waals surface area (Å²) in [6.45, 7) is 4.53. The van der Waals surface area contributed by atoms with Crippen LogP contribution in [0.15, 0.2) is 54.7 Å². The van der Waals surface area contributed by atoms with Crippen LogP contribution in [0.3, 0.4) is 0 Å². The summed E-state index contributed by atoms with van der Waals surface area (Å²) < 4.78 is 0. The first kappa shape index (κ1) is 14.4. The van der Waals surface area contributed by atoms with E-state index in [-0.39, 0.29) is 6.15 Å². The van der Waals surface area contributed by atoms with Crippen molar-refractivity contribution >= 4 is 0 Å². The second-order valence-electron chi connectivity index (χ2n) is 4.85. The fourth-order valence-corrected chi connectivity index (χ4v) is 2.17. The van der Waals surface area contributed by atoms with Gasteiger partial charge in [0.1, 0.15) is 0 Å². The van der Waals surface area contributed by atoms with Crippen molar-refractivity contribution < 1.29 is 0 Å². The van der Waals surface area contributed by atoms with Gasteiger partial charge < -0.3 is 6.15 Å². The van der Waals surface area contributed by atoms with Gasteiger partial charge in [-0.25, -0.2) is 0 Å². The average Bonchev–Trinajstić information content (AvgIpc) is 2.38. The van der Waals surface area contributed by atoms with Gasteiger partial charge in [0, 0.05) is 17.8 Å². The van der Waals surface area contributed by atoms with Gasteiger partial charge in [0.05, 0.1) is 0 Å². The molecule has 0 fully saturated rings. The van der Waals surface area contributed by atoms with Gasteiger partial charge in [-0.05, 0) is 30.0 Å². The summed E-state index contributed by atoms with van der Waals surface area (Å²) in [4.78, 5) is 4.51. The third-order valence-corrected chi connectivity index (χ3v) is 2.95. The third kappa shape index (κ3) is 3.67. The van der Waals surface area contributed by atoms with Gasteiger partial charge in [-0.2, -0.15) is 0 Å². The van der Waals surface area contributed by atoms with E-state index in [9.17, 15) is 0 Å². The van der Waals surface area contributed by atoms with Crippen molar-refractivity contribution in [3.05, 3.63) is 66.0 Å². The molecule has 0 aliphatic rings. The molecule has 0 radical (unpaired) electrons. The maximum absolute atomic E-state index is 4.51. The Balaban J connectivity index is 0.00000162. The van der Waals surface area contributed by atoms with Crippen LogP contribution in [0.1, 0.15) is 37.4 Å². The minimum atomic E-state index is 0. The van der Waals surface area contributed by atoms with Crippen LogP contribution in [0.2, 0.25) is 0 Å². The smallest absolute Gasteiger partial charge is 0.0478 e. The molecule has 1 heterocycles. The molecule has 1 aromatic carbocycles. The van der Waals surface area contributed by atoms with Crippen LogP contribution >= 0.6 is 0 Å². The highest BCUT2D eigenvalue weighted by atomic mass is 14.7. The zero-order valence-corrected chi connectivity index (χ0v) is 11.2. The molecule has 0 aliphatic carbocycles. The van der Waals surface area contributed by atoms with Crippen LogP contribution in [0.25, 0.3) is 0 Å². The van der Waals surface area contributed by atoms with Crippen LogP contribution in [0.5, 0.6) is 0 Å². The molecule has 0 saturated heterocycles. The molecule has 0 bridgehead atoms. The fraction of sp³-hybridized carbons (Fsp3) is 0.312. The van der Waals surface area contributed by atoms with Gasteiger partial charge in [-0.15, -0.1) is 0 Å². The van der Waals surface area contributed by atoms with E-state index in [2.05, 4.69) is 61.3 Å². The summed E-state index contributed by atoms with van der Waals surface area (Å²) in [7, 11) is 0. The monoisotopic (exact) mass is 242 g/mol. The number of hydrogen-bond acceptors (Lipinski definition) is 2. The first-order chi connectivity index (χ1) is 8.27. The van der Waals surface area contributed by atoms with Crippen LogP contribution in [-0.2, 0) is 0 Å². The molecule has 0 saturated carbocycles. The number of nitrogens with zero attached hydrogens (tertiary/aromatic N) is 1.